The number of sulfone groups is 1. The Kier molecular flexibility index (Phi) is 22.9. The highest BCUT2D eigenvalue weighted by Crippen LogP contribution is 2.50. The topological polar surface area (TPSA) is 342 Å². The van der Waals surface area contributed by atoms with E-state index in [2.05, 4.69) is 50.3 Å². The third-order valence-electron chi connectivity index (χ3n) is 21.0. The maximum absolute atomic E-state index is 13.3. The van der Waals surface area contributed by atoms with Gasteiger partial charge in [-0.15, -0.1) is 22.7 Å². The number of rotatable bonds is 12. The molecule has 0 bridgehead atoms. The molecule has 0 radical (unpaired) electrons. The summed E-state index contributed by atoms with van der Waals surface area (Å²) in [7, 11) is 2.90. The summed E-state index contributed by atoms with van der Waals surface area (Å²) in [5.41, 5.74) is 35.4. The molecule has 116 heavy (non-hydrogen) atoms. The number of halogens is 6. The number of fused-ring (bicyclic) bond motifs is 1. The van der Waals surface area contributed by atoms with Gasteiger partial charge in [-0.25, -0.2) is 28.4 Å². The summed E-state index contributed by atoms with van der Waals surface area (Å²) in [6.45, 7) is 5.94. The Morgan fingerprint density at radius 1 is 0.491 bits per heavy atom. The van der Waals surface area contributed by atoms with Gasteiger partial charge in [-0.05, 0) is 202 Å². The first-order chi connectivity index (χ1) is 54.9. The van der Waals surface area contributed by atoms with E-state index in [9.17, 15) is 64.5 Å². The van der Waals surface area contributed by atoms with Gasteiger partial charge in [0.25, 0.3) is 5.91 Å². The molecule has 0 aliphatic carbocycles. The lowest BCUT2D eigenvalue weighted by Crippen LogP contribution is -2.52. The Morgan fingerprint density at radius 3 is 1.40 bits per heavy atom. The molecule has 592 valence electrons. The Hall–Kier alpha value is -12.9. The molecule has 15 rings (SSSR count). The molecule has 7 heterocycles. The number of likely N-dealkylation sites (N-methyl/N-ethyl adjacent to an activating group) is 3. The first kappa shape index (κ1) is 82.6. The second-order valence-electron chi connectivity index (χ2n) is 28.6. The number of nitriles is 2. The number of carbonyl (C=O) groups excluding carboxylic acids is 4. The van der Waals surface area contributed by atoms with E-state index in [0.29, 0.717) is 34.4 Å². The number of carbonyl (C=O) groups is 4. The predicted octanol–water partition coefficient (Wildman–Crippen LogP) is 13.9. The number of nitrogens with zero attached hydrogens (tertiary/aromatic N) is 10. The van der Waals surface area contributed by atoms with Crippen molar-refractivity contribution in [2.45, 2.75) is 84.9 Å². The van der Waals surface area contributed by atoms with E-state index in [1.165, 1.54) is 91.6 Å². The number of amides is 4. The molecular weight excluding hydrogens is 1550 g/mol. The number of hydrogen-bond acceptors (Lipinski definition) is 19. The molecule has 30 heteroatoms. The van der Waals surface area contributed by atoms with Crippen molar-refractivity contribution < 1.29 is 53.9 Å². The van der Waals surface area contributed by atoms with E-state index >= 15 is 0 Å². The van der Waals surface area contributed by atoms with Gasteiger partial charge in [0.2, 0.25) is 17.7 Å². The quantitative estimate of drug-likeness (QED) is 0.0711. The average molecular weight is 1630 g/mol. The van der Waals surface area contributed by atoms with E-state index in [4.69, 9.17) is 28.7 Å². The maximum Gasteiger partial charge on any atom is 0.416 e. The molecule has 1 unspecified atom stereocenters. The van der Waals surface area contributed by atoms with E-state index in [1.807, 2.05) is 103 Å². The van der Waals surface area contributed by atoms with Crippen molar-refractivity contribution in [2.24, 2.45) is 48.6 Å². The van der Waals surface area contributed by atoms with Crippen LogP contribution >= 0.6 is 22.7 Å². The van der Waals surface area contributed by atoms with Gasteiger partial charge in [0.05, 0.1) is 63.1 Å². The smallest absolute Gasteiger partial charge is 0.369 e. The van der Waals surface area contributed by atoms with Crippen molar-refractivity contribution in [2.75, 3.05) is 34.7 Å². The molecular formula is C86H77F6N15O6S3. The molecule has 4 amide bonds. The van der Waals surface area contributed by atoms with E-state index in [-0.39, 0.29) is 58.8 Å². The van der Waals surface area contributed by atoms with Gasteiger partial charge in [-0.2, -0.15) is 36.9 Å². The summed E-state index contributed by atoms with van der Waals surface area (Å²) in [6, 6.07) is 62.3. The van der Waals surface area contributed by atoms with Crippen LogP contribution in [0.3, 0.4) is 0 Å². The fourth-order valence-corrected chi connectivity index (χ4v) is 17.7. The molecule has 6 atom stereocenters. The Balaban J connectivity index is 0.000000144. The minimum atomic E-state index is -4.47. The monoisotopic (exact) mass is 1630 g/mol. The van der Waals surface area contributed by atoms with Crippen LogP contribution in [0, 0.1) is 22.7 Å². The van der Waals surface area contributed by atoms with Crippen LogP contribution in [0.25, 0.3) is 39.5 Å². The van der Waals surface area contributed by atoms with Gasteiger partial charge < -0.3 is 28.7 Å². The van der Waals surface area contributed by atoms with Crippen LogP contribution in [0.15, 0.2) is 247 Å². The van der Waals surface area contributed by atoms with Crippen molar-refractivity contribution in [1.82, 2.24) is 19.6 Å². The molecule has 21 nitrogen and oxygen atoms in total. The number of aliphatic imine (C=N–C) groups is 4. The van der Waals surface area contributed by atoms with Gasteiger partial charge in [0, 0.05) is 43.4 Å². The molecule has 8 aromatic carbocycles. The van der Waals surface area contributed by atoms with Crippen LogP contribution in [0.4, 0.5) is 26.3 Å². The third kappa shape index (κ3) is 16.2. The van der Waals surface area contributed by atoms with Gasteiger partial charge in [0.1, 0.15) is 11.1 Å². The molecule has 0 spiro atoms. The molecule has 0 saturated carbocycles. The molecule has 2 aromatic heterocycles. The Morgan fingerprint density at radius 2 is 0.940 bits per heavy atom. The van der Waals surface area contributed by atoms with Crippen molar-refractivity contribution in [3.63, 3.8) is 0 Å². The lowest BCUT2D eigenvalue weighted by Gasteiger charge is -2.40. The minimum absolute atomic E-state index is 0.0343. The van der Waals surface area contributed by atoms with Crippen LogP contribution in [0.2, 0.25) is 0 Å². The molecule has 0 fully saturated rings. The minimum Gasteiger partial charge on any atom is -0.369 e. The highest BCUT2D eigenvalue weighted by molar-refractivity contribution is 7.94. The number of hydrogen-bond donors (Lipinski definition) is 5. The zero-order valence-electron chi connectivity index (χ0n) is 63.5. The Bertz CT molecular complexity index is 5690. The van der Waals surface area contributed by atoms with Crippen molar-refractivity contribution in [3.05, 3.63) is 293 Å². The third-order valence-corrected chi connectivity index (χ3v) is 24.8. The zero-order valence-corrected chi connectivity index (χ0v) is 66.0. The average Bonchev–Trinajstić information content (AvgIpc) is 1.65. The highest BCUT2D eigenvalue weighted by atomic mass is 32.2. The highest BCUT2D eigenvalue weighted by Gasteiger charge is 2.52. The van der Waals surface area contributed by atoms with Crippen LogP contribution in [-0.2, 0) is 69.9 Å². The lowest BCUT2D eigenvalue weighted by atomic mass is 9.77. The van der Waals surface area contributed by atoms with E-state index in [0.717, 1.165) is 90.5 Å². The fraction of sp³-hybridized carbons (Fsp3) is 0.209. The molecule has 10 N–H and O–H groups in total. The molecule has 10 aromatic rings. The summed E-state index contributed by atoms with van der Waals surface area (Å²) < 4.78 is 102. The summed E-state index contributed by atoms with van der Waals surface area (Å²) in [6.07, 6.45) is -6.37. The van der Waals surface area contributed by atoms with E-state index in [1.54, 1.807) is 88.6 Å². The summed E-state index contributed by atoms with van der Waals surface area (Å²) >= 11 is 2.76. The lowest BCUT2D eigenvalue weighted by molar-refractivity contribution is -0.138. The largest absolute Gasteiger partial charge is 0.416 e. The van der Waals surface area contributed by atoms with Gasteiger partial charge in [0.15, 0.2) is 39.2 Å². The van der Waals surface area contributed by atoms with Crippen LogP contribution in [0.1, 0.15) is 110 Å². The number of guanidine groups is 4. The van der Waals surface area contributed by atoms with Gasteiger partial charge in [-0.1, -0.05) is 127 Å². The summed E-state index contributed by atoms with van der Waals surface area (Å²) in [5.74, 6) is -2.27. The second-order valence-corrected chi connectivity index (χ2v) is 32.2. The van der Waals surface area contributed by atoms with Gasteiger partial charge >= 0.3 is 12.4 Å². The number of benzene rings is 8. The van der Waals surface area contributed by atoms with Crippen LogP contribution in [0.5, 0.6) is 0 Å². The van der Waals surface area contributed by atoms with Crippen LogP contribution in [-0.4, -0.2) is 110 Å². The molecule has 5 aliphatic rings. The van der Waals surface area contributed by atoms with Crippen molar-refractivity contribution in [1.29, 1.82) is 10.5 Å². The number of nitrogens with two attached hydrogens (primary N) is 5. The summed E-state index contributed by atoms with van der Waals surface area (Å²) in [4.78, 5) is 77.1. The second kappa shape index (κ2) is 32.2. The fourth-order valence-electron chi connectivity index (χ4n) is 14.4. The number of alkyl halides is 6. The maximum atomic E-state index is 13.3. The van der Waals surface area contributed by atoms with Crippen LogP contribution < -0.4 is 28.7 Å². The molecule has 5 aliphatic heterocycles. The normalized spacial score (nSPS) is 21.4. The molecule has 0 saturated heterocycles. The Labute approximate surface area is 673 Å². The standard InChI is InChI=1S/2C24H19F3N4OS.C24H24N4O.C14H15N3O3S/c2*1-23(19-11-17(13-33-19)16-5-3-4-14(10-16)12-28)20(21(32)31(2)22(29)30-23)15-6-8-18(9-7-15)24(25,26)27;1-28-22(29)24(27-23(28)26,20-10-3-2-4-11-20)21-12-6-9-19(16-21)18-8-5-7-17(15-18)13-14-25;1-14(8-12(18)17(2)13(15)16-14)10-3-4-11-9(7-10)5-6-21(11,19)20/h2*3-11,13,20H,1-2H3,(H2,29,30);2-12,15-16H,13-14,25H2,1H3,(H2,26,27);3-7H,8H2,1-2H3,(H2,15,16)/t20-,23+;20-,23-;;14-/m01.0/s1. The number of thiophene rings is 2. The first-order valence-electron chi connectivity index (χ1n) is 36.0. The summed E-state index contributed by atoms with van der Waals surface area (Å²) in [5, 5.41) is 23.3. The van der Waals surface area contributed by atoms with Crippen molar-refractivity contribution >= 4 is 86.1 Å². The zero-order chi connectivity index (χ0) is 83.8. The van der Waals surface area contributed by atoms with Gasteiger partial charge in [-0.3, -0.25) is 38.8 Å². The van der Waals surface area contributed by atoms with Crippen molar-refractivity contribution in [3.8, 4) is 45.5 Å². The SMILES string of the molecule is CN1C(=O)C(c2ccccc2)(c2cccc(-c3cccc(CCN)c3)c2)N=C1N.CN1C(=O)C[C@@](C)(c2ccc3c(c2)C=CS3(=O)=O)N=C1N.CN1C(=O)[C@@H](c2ccc(C(F)(F)F)cc2)[C@@](C)(c2cc(-c3cccc(C#N)c3)cs2)N=C1N.CN1C(=O)[C@H](c2ccc(C(F)(F)F)cc2)[C@@](C)(c2cc(-c3cccc(C#N)c3)cs2)N=C1N. The van der Waals surface area contributed by atoms with E-state index < -0.39 is 67.3 Å². The first-order valence-corrected chi connectivity index (χ1v) is 39.3. The predicted molar refractivity (Wildman–Crippen MR) is 436 cm³/mol.